The van der Waals surface area contributed by atoms with Crippen molar-refractivity contribution in [2.24, 2.45) is 0 Å². The smallest absolute Gasteiger partial charge is 0.0782 e. The van der Waals surface area contributed by atoms with Crippen molar-refractivity contribution < 1.29 is 42.5 Å². The average Bonchev–Trinajstić information content (AvgIpc) is 1.52. The van der Waals surface area contributed by atoms with Gasteiger partial charge in [-0.3, -0.25) is 0 Å². The summed E-state index contributed by atoms with van der Waals surface area (Å²) < 4.78 is 285. The first kappa shape index (κ1) is 13.8. The largest absolute Gasteiger partial charge is 0.309 e. The molecule has 3 heteroatoms. The predicted molar refractivity (Wildman–Crippen MR) is 240 cm³/mol. The third-order valence-corrected chi connectivity index (χ3v) is 9.59. The maximum atomic E-state index is 10.3. The van der Waals surface area contributed by atoms with Crippen molar-refractivity contribution in [1.82, 2.24) is 13.7 Å². The van der Waals surface area contributed by atoms with Gasteiger partial charge in [-0.15, -0.1) is 0 Å². The van der Waals surface area contributed by atoms with Crippen LogP contribution >= 0.6 is 0 Å². The standard InChI is InChI=1S/C54H35N3/c1-2-14-36(15-3-1)37-28-30-38(31-29-37)39-16-12-17-40(34-39)56-50-25-10-7-21-45(50)47-22-13-27-52(54(47)56)57-51-26-11-6-20-44(51)46-33-32-41(35-53(46)57)55-48-23-8-4-18-42(48)43-19-5-9-24-49(43)55/h1-35H/i1D,2D,3D,4D,5D,6D,7D,8D,9D,10D,11D,13D,14D,15D,18D,19D,20D,21D,22D,23D,24D,25D,26D,27D,28D,29D,30D,31D,32D,33D,35D. The summed E-state index contributed by atoms with van der Waals surface area (Å²) in [6.07, 6.45) is 0. The molecule has 0 radical (unpaired) electrons. The zero-order valence-corrected chi connectivity index (χ0v) is 28.7. The van der Waals surface area contributed by atoms with E-state index in [1.54, 1.807) is 0 Å². The fourth-order valence-corrected chi connectivity index (χ4v) is 7.21. The lowest BCUT2D eigenvalue weighted by atomic mass is 10.00. The van der Waals surface area contributed by atoms with Gasteiger partial charge in [0.15, 0.2) is 0 Å². The summed E-state index contributed by atoms with van der Waals surface area (Å²) in [5.41, 5.74) is -7.27. The molecule has 0 spiro atoms. The van der Waals surface area contributed by atoms with Crippen molar-refractivity contribution in [2.45, 2.75) is 0 Å². The molecule has 3 nitrogen and oxygen atoms in total. The fraction of sp³-hybridized carbons (Fsp3) is 0. The predicted octanol–water partition coefficient (Wildman–Crippen LogP) is 14.3. The van der Waals surface area contributed by atoms with Gasteiger partial charge in [0.05, 0.1) is 81.3 Å². The molecule has 0 aliphatic carbocycles. The summed E-state index contributed by atoms with van der Waals surface area (Å²) in [5.74, 6) is 0. The molecule has 12 rings (SSSR count). The first-order valence-electron chi connectivity index (χ1n) is 32.6. The normalized spacial score (nSPS) is 19.5. The molecule has 12 aromatic rings. The van der Waals surface area contributed by atoms with E-state index in [1.165, 1.54) is 24.3 Å². The van der Waals surface area contributed by atoms with Crippen LogP contribution in [0.5, 0.6) is 0 Å². The van der Waals surface area contributed by atoms with Gasteiger partial charge in [0.1, 0.15) is 0 Å². The SMILES string of the molecule is [2H]c1c([2H])c([2H])c(-c2c([2H])c([2H])c(-c3cccc(-n4c5c([2H])c([2H])c([2H])c([2H])c5c5c([2H])c([2H])c([2H])c(-n6c7c([2H])c([2H])c([2H])c([2H])c7c7c([2H])c([2H])c(-n8c9c([2H])c([2H])c([2H])c([2H])c9c9c([2H])c([2H])c([2H])c([2H])c98)c([2H])c76)c54)c3)c([2H])c2[2H])c([2H])c1[2H]. The molecule has 0 amide bonds. The van der Waals surface area contributed by atoms with Gasteiger partial charge in [-0.2, -0.15) is 0 Å². The molecular formula is C54H35N3. The van der Waals surface area contributed by atoms with Crippen LogP contribution in [-0.4, -0.2) is 13.7 Å². The number of benzene rings is 9. The van der Waals surface area contributed by atoms with Crippen molar-refractivity contribution in [3.05, 3.63) is 212 Å². The van der Waals surface area contributed by atoms with E-state index in [2.05, 4.69) is 0 Å². The summed E-state index contributed by atoms with van der Waals surface area (Å²) in [6, 6.07) is -21.8. The van der Waals surface area contributed by atoms with Crippen LogP contribution in [0.3, 0.4) is 0 Å². The second kappa shape index (κ2) is 12.5. The van der Waals surface area contributed by atoms with Gasteiger partial charge in [-0.05, 0) is 76.7 Å². The first-order chi connectivity index (χ1) is 41.2. The molecule has 57 heavy (non-hydrogen) atoms. The minimum atomic E-state index is -0.999. The Hall–Kier alpha value is -7.62. The molecule has 0 saturated heterocycles. The molecule has 3 heterocycles. The van der Waals surface area contributed by atoms with Crippen molar-refractivity contribution in [1.29, 1.82) is 0 Å². The summed E-state index contributed by atoms with van der Waals surface area (Å²) in [6.45, 7) is 0. The van der Waals surface area contributed by atoms with Crippen LogP contribution in [0.15, 0.2) is 212 Å². The first-order valence-corrected chi connectivity index (χ1v) is 17.1. The Morgan fingerprint density at radius 2 is 0.807 bits per heavy atom. The number of rotatable bonds is 5. The van der Waals surface area contributed by atoms with Gasteiger partial charge in [0, 0.05) is 43.7 Å². The lowest BCUT2D eigenvalue weighted by Crippen LogP contribution is -2.01. The van der Waals surface area contributed by atoms with Crippen molar-refractivity contribution in [2.75, 3.05) is 0 Å². The van der Waals surface area contributed by atoms with Gasteiger partial charge < -0.3 is 13.7 Å². The van der Waals surface area contributed by atoms with Crippen molar-refractivity contribution in [3.63, 3.8) is 0 Å². The third-order valence-electron chi connectivity index (χ3n) is 9.59. The van der Waals surface area contributed by atoms with Gasteiger partial charge in [-0.25, -0.2) is 0 Å². The van der Waals surface area contributed by atoms with Crippen LogP contribution in [-0.2, 0) is 0 Å². The Labute approximate surface area is 373 Å². The van der Waals surface area contributed by atoms with E-state index < -0.39 is 281 Å². The maximum Gasteiger partial charge on any atom is 0.0782 e. The lowest BCUT2D eigenvalue weighted by Gasteiger charge is -2.16. The van der Waals surface area contributed by atoms with Crippen molar-refractivity contribution >= 4 is 65.4 Å². The number of para-hydroxylation sites is 5. The molecule has 0 atom stereocenters. The summed E-state index contributed by atoms with van der Waals surface area (Å²) in [7, 11) is 0. The number of nitrogens with zero attached hydrogens (tertiary/aromatic N) is 3. The van der Waals surface area contributed by atoms with Crippen molar-refractivity contribution in [3.8, 4) is 39.3 Å². The molecule has 0 N–H and O–H groups in total. The van der Waals surface area contributed by atoms with E-state index in [4.69, 9.17) is 23.3 Å². The highest BCUT2D eigenvalue weighted by Crippen LogP contribution is 2.41. The summed E-state index contributed by atoms with van der Waals surface area (Å²) in [5, 5.41) is -3.18. The molecule has 266 valence electrons. The van der Waals surface area contributed by atoms with Crippen LogP contribution in [0.2, 0.25) is 0 Å². The number of aromatic nitrogens is 3. The Bertz CT molecular complexity index is 5210. The van der Waals surface area contributed by atoms with E-state index in [0.29, 0.717) is 0 Å². The molecule has 0 saturated carbocycles. The fourth-order valence-electron chi connectivity index (χ4n) is 7.21. The van der Waals surface area contributed by atoms with Crippen LogP contribution in [0.1, 0.15) is 42.5 Å². The van der Waals surface area contributed by atoms with E-state index in [9.17, 15) is 19.2 Å². The molecule has 9 aromatic carbocycles. The minimum Gasteiger partial charge on any atom is -0.309 e. The highest BCUT2D eigenvalue weighted by Gasteiger charge is 2.21. The second-order valence-corrected chi connectivity index (χ2v) is 12.6. The van der Waals surface area contributed by atoms with Gasteiger partial charge >= 0.3 is 0 Å². The Morgan fingerprint density at radius 1 is 0.316 bits per heavy atom. The molecular weight excluding hydrogens is 691 g/mol. The second-order valence-electron chi connectivity index (χ2n) is 12.6. The van der Waals surface area contributed by atoms with Gasteiger partial charge in [-0.1, -0.05) is 157 Å². The molecule has 0 aliphatic rings. The van der Waals surface area contributed by atoms with Gasteiger partial charge in [0.2, 0.25) is 0 Å². The van der Waals surface area contributed by atoms with Crippen LogP contribution in [0.4, 0.5) is 0 Å². The monoisotopic (exact) mass is 756 g/mol. The molecule has 0 bridgehead atoms. The van der Waals surface area contributed by atoms with E-state index in [1.807, 2.05) is 0 Å². The Balaban J connectivity index is 1.31. The number of hydrogen-bond donors (Lipinski definition) is 0. The number of hydrogen-bond acceptors (Lipinski definition) is 0. The number of fused-ring (bicyclic) bond motifs is 9. The molecule has 0 unspecified atom stereocenters. The molecule has 3 aromatic heterocycles. The average molecular weight is 757 g/mol. The highest BCUT2D eigenvalue weighted by molar-refractivity contribution is 6.16. The maximum absolute atomic E-state index is 10.3. The molecule has 0 aliphatic heterocycles. The Morgan fingerprint density at radius 3 is 1.46 bits per heavy atom. The van der Waals surface area contributed by atoms with Crippen LogP contribution < -0.4 is 0 Å². The lowest BCUT2D eigenvalue weighted by molar-refractivity contribution is 1.12. The quantitative estimate of drug-likeness (QED) is 0.166. The molecule has 0 fully saturated rings. The minimum absolute atomic E-state index is 0.165. The highest BCUT2D eigenvalue weighted by atomic mass is 15.1. The van der Waals surface area contributed by atoms with Crippen LogP contribution in [0.25, 0.3) is 105 Å². The van der Waals surface area contributed by atoms with E-state index in [-0.39, 0.29) is 11.3 Å². The van der Waals surface area contributed by atoms with E-state index in [0.717, 1.165) is 13.7 Å². The summed E-state index contributed by atoms with van der Waals surface area (Å²) >= 11 is 0. The topological polar surface area (TPSA) is 14.8 Å². The zero-order chi connectivity index (χ0) is 64.4. The van der Waals surface area contributed by atoms with E-state index >= 15 is 0 Å². The Kier molecular flexibility index (Phi) is 3.02. The third kappa shape index (κ3) is 4.79. The van der Waals surface area contributed by atoms with Crippen LogP contribution in [0, 0.1) is 0 Å². The zero-order valence-electron chi connectivity index (χ0n) is 59.7. The van der Waals surface area contributed by atoms with Gasteiger partial charge in [0.25, 0.3) is 0 Å². The summed E-state index contributed by atoms with van der Waals surface area (Å²) in [4.78, 5) is 0.